The summed E-state index contributed by atoms with van der Waals surface area (Å²) in [5.41, 5.74) is 3.06. The third-order valence-corrected chi connectivity index (χ3v) is 4.92. The lowest BCUT2D eigenvalue weighted by molar-refractivity contribution is 0.0762. The highest BCUT2D eigenvalue weighted by molar-refractivity contribution is 5.96. The van der Waals surface area contributed by atoms with Crippen molar-refractivity contribution >= 4 is 5.91 Å². The number of aryl methyl sites for hydroxylation is 1. The smallest absolute Gasteiger partial charge is 0.255 e. The number of aliphatic hydroxyl groups excluding tert-OH is 1. The molecule has 0 aliphatic carbocycles. The van der Waals surface area contributed by atoms with Crippen molar-refractivity contribution in [2.75, 3.05) is 13.1 Å². The van der Waals surface area contributed by atoms with Crippen LogP contribution >= 0.6 is 0 Å². The summed E-state index contributed by atoms with van der Waals surface area (Å²) in [5.74, 6) is -0.179. The molecule has 1 saturated heterocycles. The van der Waals surface area contributed by atoms with Crippen LogP contribution in [0.3, 0.4) is 0 Å². The van der Waals surface area contributed by atoms with Crippen LogP contribution in [0, 0.1) is 25.6 Å². The molecule has 0 saturated carbocycles. The number of hydrogen-bond donors (Lipinski definition) is 1. The lowest BCUT2D eigenvalue weighted by Gasteiger charge is -2.18. The van der Waals surface area contributed by atoms with Crippen molar-refractivity contribution in [2.45, 2.75) is 33.3 Å². The topological polar surface area (TPSA) is 45.5 Å². The summed E-state index contributed by atoms with van der Waals surface area (Å²) in [4.78, 5) is 14.7. The maximum Gasteiger partial charge on any atom is 0.255 e. The van der Waals surface area contributed by atoms with Gasteiger partial charge in [0.1, 0.15) is 5.82 Å². The molecule has 5 heteroatoms. The predicted octanol–water partition coefficient (Wildman–Crippen LogP) is 3.08. The molecule has 1 aliphatic rings. The van der Waals surface area contributed by atoms with Crippen molar-refractivity contribution in [2.24, 2.45) is 5.92 Å². The Bertz CT molecular complexity index is 767. The molecule has 2 atom stereocenters. The maximum absolute atomic E-state index is 13.5. The van der Waals surface area contributed by atoms with Gasteiger partial charge in [-0.25, -0.2) is 4.39 Å². The fraction of sp³-hybridized carbons (Fsp3) is 0.421. The third-order valence-electron chi connectivity index (χ3n) is 4.92. The lowest BCUT2D eigenvalue weighted by Crippen LogP contribution is -2.30. The monoisotopic (exact) mass is 330 g/mol. The molecule has 0 radical (unpaired) electrons. The average molecular weight is 330 g/mol. The summed E-state index contributed by atoms with van der Waals surface area (Å²) in [6, 6.07) is 8.23. The standard InChI is InChI=1S/C19H23FN2O2/c1-12-9-18(19(24)21-8-7-15(11-21)14(3)23)13(2)22(12)17-6-4-5-16(20)10-17/h4-6,9-10,14-15,23H,7-8,11H2,1-3H3. The second kappa shape index (κ2) is 6.40. The van der Waals surface area contributed by atoms with Gasteiger partial charge >= 0.3 is 0 Å². The van der Waals surface area contributed by atoms with Gasteiger partial charge in [-0.15, -0.1) is 0 Å². The molecule has 2 aromatic rings. The number of aromatic nitrogens is 1. The van der Waals surface area contributed by atoms with Crippen LogP contribution in [0.4, 0.5) is 4.39 Å². The Labute approximate surface area is 141 Å². The van der Waals surface area contributed by atoms with Crippen LogP contribution in [-0.4, -0.2) is 39.7 Å². The minimum absolute atomic E-state index is 0.0195. The zero-order valence-electron chi connectivity index (χ0n) is 14.3. The molecule has 24 heavy (non-hydrogen) atoms. The van der Waals surface area contributed by atoms with Gasteiger partial charge in [-0.1, -0.05) is 6.07 Å². The van der Waals surface area contributed by atoms with E-state index in [4.69, 9.17) is 0 Å². The van der Waals surface area contributed by atoms with Gasteiger partial charge in [0, 0.05) is 36.1 Å². The molecule has 2 unspecified atom stereocenters. The molecule has 128 valence electrons. The van der Waals surface area contributed by atoms with Gasteiger partial charge in [-0.2, -0.15) is 0 Å². The Morgan fingerprint density at radius 2 is 2.08 bits per heavy atom. The second-order valence-corrected chi connectivity index (χ2v) is 6.64. The molecule has 1 aliphatic heterocycles. The van der Waals surface area contributed by atoms with E-state index < -0.39 is 6.10 Å². The SMILES string of the molecule is Cc1cc(C(=O)N2CCC(C(C)O)C2)c(C)n1-c1cccc(F)c1. The summed E-state index contributed by atoms with van der Waals surface area (Å²) in [6.45, 7) is 6.82. The normalized spacial score (nSPS) is 18.9. The number of hydrogen-bond acceptors (Lipinski definition) is 2. The van der Waals surface area contributed by atoms with E-state index in [-0.39, 0.29) is 17.6 Å². The molecule has 4 nitrogen and oxygen atoms in total. The van der Waals surface area contributed by atoms with E-state index in [1.165, 1.54) is 12.1 Å². The van der Waals surface area contributed by atoms with Crippen molar-refractivity contribution < 1.29 is 14.3 Å². The molecule has 3 rings (SSSR count). The maximum atomic E-state index is 13.5. The molecular weight excluding hydrogens is 307 g/mol. The first-order chi connectivity index (χ1) is 11.4. The Kier molecular flexibility index (Phi) is 4.45. The highest BCUT2D eigenvalue weighted by Gasteiger charge is 2.31. The third kappa shape index (κ3) is 2.96. The van der Waals surface area contributed by atoms with E-state index in [0.717, 1.165) is 17.8 Å². The van der Waals surface area contributed by atoms with Crippen molar-refractivity contribution in [3.63, 3.8) is 0 Å². The van der Waals surface area contributed by atoms with E-state index in [0.29, 0.717) is 24.3 Å². The van der Waals surface area contributed by atoms with Crippen LogP contribution in [0.15, 0.2) is 30.3 Å². The fourth-order valence-corrected chi connectivity index (χ4v) is 3.53. The predicted molar refractivity (Wildman–Crippen MR) is 90.9 cm³/mol. The minimum atomic E-state index is -0.400. The number of aliphatic hydroxyl groups is 1. The van der Waals surface area contributed by atoms with E-state index in [1.54, 1.807) is 17.9 Å². The van der Waals surface area contributed by atoms with E-state index >= 15 is 0 Å². The van der Waals surface area contributed by atoms with Crippen molar-refractivity contribution in [3.05, 3.63) is 53.1 Å². The molecule has 2 heterocycles. The van der Waals surface area contributed by atoms with Gasteiger partial charge in [0.25, 0.3) is 5.91 Å². The molecule has 1 fully saturated rings. The zero-order chi connectivity index (χ0) is 17.4. The van der Waals surface area contributed by atoms with Gasteiger partial charge in [-0.05, 0) is 51.5 Å². The van der Waals surface area contributed by atoms with Crippen molar-refractivity contribution in [1.82, 2.24) is 9.47 Å². The Hall–Kier alpha value is -2.14. The number of amides is 1. The molecular formula is C19H23FN2O2. The fourth-order valence-electron chi connectivity index (χ4n) is 3.53. The van der Waals surface area contributed by atoms with Gasteiger partial charge < -0.3 is 14.6 Å². The molecule has 1 aromatic carbocycles. The highest BCUT2D eigenvalue weighted by Crippen LogP contribution is 2.26. The number of rotatable bonds is 3. The molecule has 0 bridgehead atoms. The van der Waals surface area contributed by atoms with Gasteiger partial charge in [0.2, 0.25) is 0 Å². The number of carbonyl (C=O) groups is 1. The summed E-state index contributed by atoms with van der Waals surface area (Å²) < 4.78 is 15.4. The molecule has 1 amide bonds. The average Bonchev–Trinajstić information content (AvgIpc) is 3.12. The molecule has 0 spiro atoms. The number of likely N-dealkylation sites (tertiary alicyclic amines) is 1. The summed E-state index contributed by atoms with van der Waals surface area (Å²) in [7, 11) is 0. The van der Waals surface area contributed by atoms with Crippen LogP contribution in [-0.2, 0) is 0 Å². The van der Waals surface area contributed by atoms with E-state index in [2.05, 4.69) is 0 Å². The molecule has 1 N–H and O–H groups in total. The van der Waals surface area contributed by atoms with Crippen molar-refractivity contribution in [3.8, 4) is 5.69 Å². The van der Waals surface area contributed by atoms with Crippen LogP contribution in [0.1, 0.15) is 35.1 Å². The van der Waals surface area contributed by atoms with Crippen LogP contribution in [0.2, 0.25) is 0 Å². The Morgan fingerprint density at radius 3 is 2.71 bits per heavy atom. The first-order valence-electron chi connectivity index (χ1n) is 8.30. The summed E-state index contributed by atoms with van der Waals surface area (Å²) >= 11 is 0. The number of halogens is 1. The summed E-state index contributed by atoms with van der Waals surface area (Å²) in [5, 5.41) is 9.72. The minimum Gasteiger partial charge on any atom is -0.393 e. The second-order valence-electron chi connectivity index (χ2n) is 6.64. The Morgan fingerprint density at radius 1 is 1.33 bits per heavy atom. The zero-order valence-corrected chi connectivity index (χ0v) is 14.3. The first kappa shape index (κ1) is 16.7. The van der Waals surface area contributed by atoms with Gasteiger partial charge in [0.15, 0.2) is 0 Å². The Balaban J connectivity index is 1.91. The van der Waals surface area contributed by atoms with Crippen LogP contribution in [0.25, 0.3) is 5.69 Å². The number of carbonyl (C=O) groups excluding carboxylic acids is 1. The van der Waals surface area contributed by atoms with Crippen LogP contribution in [0.5, 0.6) is 0 Å². The number of benzene rings is 1. The largest absolute Gasteiger partial charge is 0.393 e. The van der Waals surface area contributed by atoms with Crippen LogP contribution < -0.4 is 0 Å². The lowest BCUT2D eigenvalue weighted by atomic mass is 10.0. The molecule has 1 aromatic heterocycles. The quantitative estimate of drug-likeness (QED) is 0.940. The van der Waals surface area contributed by atoms with E-state index in [1.807, 2.05) is 30.5 Å². The summed E-state index contributed by atoms with van der Waals surface area (Å²) in [6.07, 6.45) is 0.425. The van der Waals surface area contributed by atoms with Crippen molar-refractivity contribution in [1.29, 1.82) is 0 Å². The van der Waals surface area contributed by atoms with Gasteiger partial charge in [0.05, 0.1) is 11.7 Å². The number of nitrogens with zero attached hydrogens (tertiary/aromatic N) is 2. The van der Waals surface area contributed by atoms with E-state index in [9.17, 15) is 14.3 Å². The first-order valence-corrected chi connectivity index (χ1v) is 8.30. The van der Waals surface area contributed by atoms with Gasteiger partial charge in [-0.3, -0.25) is 4.79 Å². The highest BCUT2D eigenvalue weighted by atomic mass is 19.1.